The van der Waals surface area contributed by atoms with Crippen LogP contribution in [-0.2, 0) is 52.3 Å². The number of hydrogen-bond donors (Lipinski definition) is 2. The van der Waals surface area contributed by atoms with Crippen molar-refractivity contribution in [3.05, 3.63) is 35.5 Å². The number of Topliss-reactive ketones (excluding diaryl/α,β-unsaturated/α-hetero) is 2. The van der Waals surface area contributed by atoms with Gasteiger partial charge in [0, 0.05) is 84.3 Å². The smallest absolute Gasteiger partial charge is 0.410 e. The number of ketones is 2. The van der Waals surface area contributed by atoms with Crippen molar-refractivity contribution >= 4 is 29.5 Å². The summed E-state index contributed by atoms with van der Waals surface area (Å²) in [7, 11) is 4.67. The summed E-state index contributed by atoms with van der Waals surface area (Å²) < 4.78 is 42.0. The highest BCUT2D eigenvalue weighted by molar-refractivity contribution is 6.39. The zero-order chi connectivity index (χ0) is 51.6. The van der Waals surface area contributed by atoms with E-state index in [2.05, 4.69) is 11.8 Å². The van der Waals surface area contributed by atoms with Gasteiger partial charge in [-0.05, 0) is 102 Å². The van der Waals surface area contributed by atoms with Crippen molar-refractivity contribution < 1.29 is 67.3 Å². The fourth-order valence-corrected chi connectivity index (χ4v) is 11.8. The fourth-order valence-electron chi connectivity index (χ4n) is 11.8. The van der Waals surface area contributed by atoms with Crippen molar-refractivity contribution in [3.8, 4) is 0 Å². The van der Waals surface area contributed by atoms with Crippen molar-refractivity contribution in [1.82, 2.24) is 14.7 Å². The van der Waals surface area contributed by atoms with Crippen LogP contribution in [0, 0.1) is 29.6 Å². The number of aliphatic hydroxyl groups is 2. The number of amides is 2. The summed E-state index contributed by atoms with van der Waals surface area (Å²) >= 11 is 0. The molecule has 6 rings (SSSR count). The standard InChI is InChI=1S/C54H85N3O14/c1-10-11-12-15-39-25-33(2)24-34(3)26-46(66-8)49-47(67-9)28-36(5)54(64,71-49)50(60)51(61)57-19-14-13-16-41(57)52(62)70-48(37(6)42(58)30-43(39)59)35(4)27-38-17-18-44(45(29-38)65-7)69-53(63)56-31-40(32-56)55-20-22-68-23-21-55/h11-12,25,27,34,36-42,44-49,58,64H,10,13-24,26,28-32H2,1-9H3/b12-11+,33-25+,35-27+/t34-,36+,37+,38-,39+,41-,42-,44+,45+,46-,47-,48+,49+,54+/m0/s1. The Morgan fingerprint density at radius 2 is 1.56 bits per heavy atom. The predicted molar refractivity (Wildman–Crippen MR) is 264 cm³/mol. The van der Waals surface area contributed by atoms with Crippen molar-refractivity contribution in [2.45, 2.75) is 179 Å². The number of carbonyl (C=O) groups is 5. The molecule has 0 spiro atoms. The van der Waals surface area contributed by atoms with E-state index < -0.39 is 90.0 Å². The van der Waals surface area contributed by atoms with E-state index in [1.165, 1.54) is 19.1 Å². The van der Waals surface area contributed by atoms with Gasteiger partial charge in [-0.2, -0.15) is 0 Å². The number of rotatable bonds is 10. The maximum atomic E-state index is 14.6. The summed E-state index contributed by atoms with van der Waals surface area (Å²) in [6.45, 7) is 15.7. The van der Waals surface area contributed by atoms with Crippen LogP contribution in [0.1, 0.15) is 119 Å². The lowest BCUT2D eigenvalue weighted by Crippen LogP contribution is -2.64. The molecule has 0 aromatic carbocycles. The topological polar surface area (TPSA) is 200 Å². The van der Waals surface area contributed by atoms with Gasteiger partial charge in [-0.25, -0.2) is 9.59 Å². The molecule has 5 aliphatic heterocycles. The van der Waals surface area contributed by atoms with Gasteiger partial charge in [0.15, 0.2) is 0 Å². The van der Waals surface area contributed by atoms with E-state index in [1.807, 2.05) is 45.1 Å². The highest BCUT2D eigenvalue weighted by Gasteiger charge is 2.57. The molecule has 0 aromatic heterocycles. The van der Waals surface area contributed by atoms with E-state index in [9.17, 15) is 34.2 Å². The maximum Gasteiger partial charge on any atom is 0.410 e. The lowest BCUT2D eigenvalue weighted by atomic mass is 9.81. The molecule has 71 heavy (non-hydrogen) atoms. The molecule has 4 saturated heterocycles. The molecule has 17 nitrogen and oxygen atoms in total. The van der Waals surface area contributed by atoms with E-state index >= 15 is 0 Å². The Kier molecular flexibility index (Phi) is 20.9. The van der Waals surface area contributed by atoms with E-state index in [0.717, 1.165) is 25.1 Å². The number of fused-ring (bicyclic) bond motifs is 3. The SMILES string of the molecule is CC/C=C/C[C@@H]1/C=C(\C)C[C@H](C)C[C@H](OC)[C@H]2O[C@@](O)(C(=O)C(=O)N3CCCC[C@H]3C(=O)O[C@H](/C(C)=C/[C@@H]3CC[C@@H](OC(=O)N4CC(N5CCOCC5)C4)[C@H](OC)C3)[C@H](C)[C@@H](O)CC1=O)[C@H](C)C[C@@H]2OC. The average molecular weight is 1000 g/mol. The molecule has 14 atom stereocenters. The third-order valence-corrected chi connectivity index (χ3v) is 16.2. The number of carbonyl (C=O) groups excluding carboxylic acids is 5. The number of likely N-dealkylation sites (tertiary alicyclic amines) is 1. The second kappa shape index (κ2) is 26.1. The molecule has 5 heterocycles. The molecular weight excluding hydrogens is 915 g/mol. The number of cyclic esters (lactones) is 1. The minimum Gasteiger partial charge on any atom is -0.456 e. The Morgan fingerprint density at radius 1 is 0.873 bits per heavy atom. The van der Waals surface area contributed by atoms with Crippen LogP contribution >= 0.6 is 0 Å². The quantitative estimate of drug-likeness (QED) is 0.156. The number of methoxy groups -OCH3 is 3. The van der Waals surface area contributed by atoms with Crippen LogP contribution in [0.25, 0.3) is 0 Å². The average Bonchev–Trinajstić information content (AvgIpc) is 3.34. The first-order valence-electron chi connectivity index (χ1n) is 26.5. The van der Waals surface area contributed by atoms with Gasteiger partial charge < -0.3 is 53.2 Å². The molecule has 400 valence electrons. The molecule has 1 aliphatic carbocycles. The lowest BCUT2D eigenvalue weighted by molar-refractivity contribution is -0.302. The first-order valence-corrected chi connectivity index (χ1v) is 26.5. The van der Waals surface area contributed by atoms with Gasteiger partial charge in [0.05, 0.1) is 37.6 Å². The highest BCUT2D eigenvalue weighted by Crippen LogP contribution is 2.40. The summed E-state index contributed by atoms with van der Waals surface area (Å²) in [6.07, 6.45) is 7.75. The summed E-state index contributed by atoms with van der Waals surface area (Å²) in [4.78, 5) is 76.4. The molecule has 0 aromatic rings. The number of ether oxygens (including phenoxy) is 7. The predicted octanol–water partition coefficient (Wildman–Crippen LogP) is 5.58. The minimum atomic E-state index is -2.53. The number of allylic oxidation sites excluding steroid dienone is 5. The van der Waals surface area contributed by atoms with Gasteiger partial charge in [-0.1, -0.05) is 57.6 Å². The van der Waals surface area contributed by atoms with Crippen LogP contribution < -0.4 is 0 Å². The molecule has 2 N–H and O–H groups in total. The van der Waals surface area contributed by atoms with Crippen molar-refractivity contribution in [1.29, 1.82) is 0 Å². The lowest BCUT2D eigenvalue weighted by Gasteiger charge is -2.47. The molecule has 5 fully saturated rings. The van der Waals surface area contributed by atoms with E-state index in [-0.39, 0.29) is 49.5 Å². The van der Waals surface area contributed by atoms with E-state index in [1.54, 1.807) is 25.9 Å². The minimum absolute atomic E-state index is 0.0000258. The Labute approximate surface area is 421 Å². The first-order chi connectivity index (χ1) is 33.9. The maximum absolute atomic E-state index is 14.6. The van der Waals surface area contributed by atoms with E-state index in [4.69, 9.17) is 33.2 Å². The van der Waals surface area contributed by atoms with Gasteiger partial charge in [0.1, 0.15) is 30.1 Å². The van der Waals surface area contributed by atoms with Crippen LogP contribution in [-0.4, -0.2) is 182 Å². The van der Waals surface area contributed by atoms with Gasteiger partial charge in [0.2, 0.25) is 5.79 Å². The number of nitrogens with zero attached hydrogens (tertiary/aromatic N) is 3. The third-order valence-electron chi connectivity index (χ3n) is 16.2. The Morgan fingerprint density at radius 3 is 2.24 bits per heavy atom. The Bertz CT molecular complexity index is 1910. The molecular formula is C54H85N3O14. The number of hydrogen-bond acceptors (Lipinski definition) is 15. The summed E-state index contributed by atoms with van der Waals surface area (Å²) in [5, 5.41) is 24.2. The summed E-state index contributed by atoms with van der Waals surface area (Å²) in [5.41, 5.74) is 1.62. The number of morpholine rings is 1. The van der Waals surface area contributed by atoms with Gasteiger partial charge in [0.25, 0.3) is 11.7 Å². The van der Waals surface area contributed by atoms with Gasteiger partial charge in [-0.3, -0.25) is 19.3 Å². The summed E-state index contributed by atoms with van der Waals surface area (Å²) in [5.74, 6) is -7.89. The van der Waals surface area contributed by atoms with Crippen LogP contribution in [0.5, 0.6) is 0 Å². The second-order valence-electron chi connectivity index (χ2n) is 21.4. The van der Waals surface area contributed by atoms with Crippen LogP contribution in [0.2, 0.25) is 0 Å². The number of esters is 1. The molecule has 2 bridgehead atoms. The molecule has 2 amide bonds. The Hall–Kier alpha value is -3.55. The normalized spacial score (nSPS) is 38.2. The molecule has 6 aliphatic rings. The van der Waals surface area contributed by atoms with Crippen LogP contribution in [0.4, 0.5) is 4.79 Å². The van der Waals surface area contributed by atoms with Crippen LogP contribution in [0.3, 0.4) is 0 Å². The second-order valence-corrected chi connectivity index (χ2v) is 21.4. The third kappa shape index (κ3) is 14.0. The highest BCUT2D eigenvalue weighted by atomic mass is 16.7. The number of aliphatic hydroxyl groups excluding tert-OH is 1. The fraction of sp³-hybridized carbons (Fsp3) is 0.796. The first kappa shape index (κ1) is 56.7. The van der Waals surface area contributed by atoms with Gasteiger partial charge in [-0.15, -0.1) is 0 Å². The van der Waals surface area contributed by atoms with E-state index in [0.29, 0.717) is 89.3 Å². The molecule has 0 radical (unpaired) electrons. The van der Waals surface area contributed by atoms with Crippen molar-refractivity contribution in [2.24, 2.45) is 29.6 Å². The number of piperidine rings is 1. The molecule has 17 heteroatoms. The van der Waals surface area contributed by atoms with Crippen molar-refractivity contribution in [2.75, 3.05) is 67.3 Å². The monoisotopic (exact) mass is 1000 g/mol. The summed E-state index contributed by atoms with van der Waals surface area (Å²) in [6, 6.07) is -0.873. The van der Waals surface area contributed by atoms with Crippen LogP contribution in [0.15, 0.2) is 35.5 Å². The molecule has 0 unspecified atom stereocenters. The Balaban J connectivity index is 1.27. The zero-order valence-corrected chi connectivity index (χ0v) is 44.0. The van der Waals surface area contributed by atoms with Gasteiger partial charge >= 0.3 is 12.1 Å². The zero-order valence-electron chi connectivity index (χ0n) is 44.0. The van der Waals surface area contributed by atoms with Crippen molar-refractivity contribution in [3.63, 3.8) is 0 Å². The largest absolute Gasteiger partial charge is 0.456 e. The molecule has 1 saturated carbocycles.